The van der Waals surface area contributed by atoms with Crippen molar-refractivity contribution in [2.24, 2.45) is 0 Å². The zero-order valence-corrected chi connectivity index (χ0v) is 35.8. The summed E-state index contributed by atoms with van der Waals surface area (Å²) in [6.07, 6.45) is 26.5. The van der Waals surface area contributed by atoms with Crippen molar-refractivity contribution in [2.45, 2.75) is 217 Å². The molecule has 14 heteroatoms. The van der Waals surface area contributed by atoms with Crippen LogP contribution >= 0.6 is 0 Å². The van der Waals surface area contributed by atoms with Gasteiger partial charge in [0.15, 0.2) is 6.29 Å². The fourth-order valence-corrected chi connectivity index (χ4v) is 7.25. The zero-order chi connectivity index (χ0) is 42.2. The highest BCUT2D eigenvalue weighted by Gasteiger charge is 2.48. The quantitative estimate of drug-likeness (QED) is 0.0149. The molecule has 7 N–H and O–H groups in total. The van der Waals surface area contributed by atoms with E-state index >= 15 is 0 Å². The molecule has 57 heavy (non-hydrogen) atoms. The first-order chi connectivity index (χ1) is 27.4. The summed E-state index contributed by atoms with van der Waals surface area (Å²) >= 11 is 0. The maximum atomic E-state index is 13.1. The number of aliphatic hydroxyl groups excluding tert-OH is 5. The van der Waals surface area contributed by atoms with Gasteiger partial charge in [-0.05, 0) is 44.9 Å². The molecule has 0 radical (unpaired) electrons. The molecule has 0 aromatic carbocycles. The monoisotopic (exact) mass is 834 g/mol. The van der Waals surface area contributed by atoms with E-state index < -0.39 is 78.5 Å². The van der Waals surface area contributed by atoms with Gasteiger partial charge in [0, 0.05) is 0 Å². The Labute approximate surface area is 344 Å². The zero-order valence-electron chi connectivity index (χ0n) is 35.0. The Morgan fingerprint density at radius 3 is 1.72 bits per heavy atom. The number of aliphatic hydroxyl groups is 5. The second-order valence-corrected chi connectivity index (χ2v) is 16.5. The Hall–Kier alpha value is -1.72. The number of ether oxygens (including phenoxy) is 2. The molecule has 1 aliphatic heterocycles. The van der Waals surface area contributed by atoms with Crippen molar-refractivity contribution in [3.05, 3.63) is 36.5 Å². The van der Waals surface area contributed by atoms with E-state index in [0.717, 1.165) is 57.8 Å². The van der Waals surface area contributed by atoms with Crippen molar-refractivity contribution in [1.29, 1.82) is 0 Å². The predicted molar refractivity (Wildman–Crippen MR) is 224 cm³/mol. The Kier molecular flexibility index (Phi) is 31.8. The highest BCUT2D eigenvalue weighted by Crippen LogP contribution is 2.26. The van der Waals surface area contributed by atoms with E-state index in [1.54, 1.807) is 0 Å². The van der Waals surface area contributed by atoms with Crippen LogP contribution in [0.3, 0.4) is 0 Å². The minimum Gasteiger partial charge on any atom is -0.394 e. The number of carbonyl (C=O) groups is 1. The van der Waals surface area contributed by atoms with Crippen LogP contribution in [0.15, 0.2) is 36.5 Å². The molecule has 334 valence electrons. The normalized spacial score (nSPS) is 22.1. The first-order valence-corrected chi connectivity index (χ1v) is 23.4. The number of amides is 1. The van der Waals surface area contributed by atoms with Gasteiger partial charge in [-0.15, -0.1) is 0 Å². The second kappa shape index (κ2) is 34.0. The van der Waals surface area contributed by atoms with Gasteiger partial charge in [0.2, 0.25) is 5.91 Å². The van der Waals surface area contributed by atoms with Crippen molar-refractivity contribution in [3.63, 3.8) is 0 Å². The van der Waals surface area contributed by atoms with Gasteiger partial charge in [-0.25, -0.2) is 4.18 Å². The SMILES string of the molecule is CCCCC/C=C\C=C/CCCCCCCC(O)C(=O)NC(COC1OC(CO)C(O)C(OS(=O)(=O)O)C1O)C(O)/C=C/CCCCCCCCCCCCCC. The third-order valence-electron chi connectivity index (χ3n) is 10.3. The minimum atomic E-state index is -5.12. The molecule has 0 saturated carbocycles. The molecule has 0 aromatic rings. The van der Waals surface area contributed by atoms with Crippen LogP contribution in [0.2, 0.25) is 0 Å². The summed E-state index contributed by atoms with van der Waals surface area (Å²) in [7, 11) is -5.12. The van der Waals surface area contributed by atoms with E-state index in [2.05, 4.69) is 47.7 Å². The third kappa shape index (κ3) is 26.9. The van der Waals surface area contributed by atoms with Gasteiger partial charge in [-0.2, -0.15) is 8.42 Å². The van der Waals surface area contributed by atoms with Crippen molar-refractivity contribution in [2.75, 3.05) is 13.2 Å². The van der Waals surface area contributed by atoms with Crippen LogP contribution in [0.1, 0.15) is 168 Å². The van der Waals surface area contributed by atoms with Gasteiger partial charge in [-0.1, -0.05) is 159 Å². The molecule has 0 spiro atoms. The molecule has 0 aliphatic carbocycles. The van der Waals surface area contributed by atoms with Gasteiger partial charge >= 0.3 is 10.4 Å². The Morgan fingerprint density at radius 1 is 0.719 bits per heavy atom. The van der Waals surface area contributed by atoms with E-state index in [-0.39, 0.29) is 6.42 Å². The number of unbranched alkanes of at least 4 members (excludes halogenated alkanes) is 20. The average Bonchev–Trinajstić information content (AvgIpc) is 3.18. The fraction of sp³-hybridized carbons (Fsp3) is 0.837. The highest BCUT2D eigenvalue weighted by molar-refractivity contribution is 7.80. The first-order valence-electron chi connectivity index (χ1n) is 22.0. The van der Waals surface area contributed by atoms with E-state index in [9.17, 15) is 38.7 Å². The van der Waals surface area contributed by atoms with E-state index in [4.69, 9.17) is 14.0 Å². The summed E-state index contributed by atoms with van der Waals surface area (Å²) in [5.74, 6) is -0.716. The Balaban J connectivity index is 2.65. The number of rotatable bonds is 36. The summed E-state index contributed by atoms with van der Waals surface area (Å²) < 4.78 is 47.4. The molecule has 1 amide bonds. The van der Waals surface area contributed by atoms with Crippen LogP contribution in [0.4, 0.5) is 0 Å². The summed E-state index contributed by atoms with van der Waals surface area (Å²) in [6.45, 7) is 3.15. The second-order valence-electron chi connectivity index (χ2n) is 15.5. The number of carbonyl (C=O) groups excluding carboxylic acids is 1. The van der Waals surface area contributed by atoms with Gasteiger partial charge < -0.3 is 40.3 Å². The van der Waals surface area contributed by atoms with Crippen LogP contribution in [0, 0.1) is 0 Å². The Morgan fingerprint density at radius 2 is 1.19 bits per heavy atom. The number of hydrogen-bond acceptors (Lipinski definition) is 11. The Bertz CT molecular complexity index is 1180. The summed E-state index contributed by atoms with van der Waals surface area (Å²) in [6, 6.07) is -1.12. The molecule has 8 atom stereocenters. The summed E-state index contributed by atoms with van der Waals surface area (Å²) in [5, 5.41) is 55.1. The van der Waals surface area contributed by atoms with Gasteiger partial charge in [0.05, 0.1) is 25.4 Å². The molecule has 1 fully saturated rings. The van der Waals surface area contributed by atoms with E-state index in [1.165, 1.54) is 83.1 Å². The molecule has 1 saturated heterocycles. The van der Waals surface area contributed by atoms with Crippen molar-refractivity contribution in [1.82, 2.24) is 5.32 Å². The van der Waals surface area contributed by atoms with E-state index in [0.29, 0.717) is 12.8 Å². The lowest BCUT2D eigenvalue weighted by molar-refractivity contribution is -0.298. The smallest absolute Gasteiger partial charge is 0.394 e. The number of hydrogen-bond donors (Lipinski definition) is 7. The lowest BCUT2D eigenvalue weighted by atomic mass is 9.99. The van der Waals surface area contributed by atoms with E-state index in [1.807, 2.05) is 6.08 Å². The maximum absolute atomic E-state index is 13.1. The van der Waals surface area contributed by atoms with Crippen LogP contribution in [0.5, 0.6) is 0 Å². The van der Waals surface area contributed by atoms with Crippen LogP contribution in [-0.4, -0.2) is 107 Å². The predicted octanol–water partition coefficient (Wildman–Crippen LogP) is 6.91. The minimum absolute atomic E-state index is 0.224. The average molecular weight is 834 g/mol. The lowest BCUT2D eigenvalue weighted by Crippen LogP contribution is -2.61. The van der Waals surface area contributed by atoms with Gasteiger partial charge in [-0.3, -0.25) is 9.35 Å². The molecular formula is C43H79NO12S. The number of nitrogens with one attached hydrogen (secondary N) is 1. The van der Waals surface area contributed by atoms with Crippen molar-refractivity contribution < 1.29 is 57.0 Å². The lowest BCUT2D eigenvalue weighted by Gasteiger charge is -2.41. The molecule has 8 unspecified atom stereocenters. The molecule has 0 bridgehead atoms. The largest absolute Gasteiger partial charge is 0.397 e. The molecule has 13 nitrogen and oxygen atoms in total. The number of allylic oxidation sites excluding steroid dienone is 5. The van der Waals surface area contributed by atoms with Crippen molar-refractivity contribution in [3.8, 4) is 0 Å². The van der Waals surface area contributed by atoms with Gasteiger partial charge in [0.1, 0.15) is 30.5 Å². The van der Waals surface area contributed by atoms with Gasteiger partial charge in [0.25, 0.3) is 0 Å². The van der Waals surface area contributed by atoms with Crippen LogP contribution < -0.4 is 5.32 Å². The molecular weight excluding hydrogens is 755 g/mol. The highest BCUT2D eigenvalue weighted by atomic mass is 32.3. The first kappa shape index (κ1) is 53.3. The summed E-state index contributed by atoms with van der Waals surface area (Å²) in [5.41, 5.74) is 0. The van der Waals surface area contributed by atoms with Crippen LogP contribution in [0.25, 0.3) is 0 Å². The summed E-state index contributed by atoms with van der Waals surface area (Å²) in [4.78, 5) is 13.1. The molecule has 1 aliphatic rings. The maximum Gasteiger partial charge on any atom is 0.397 e. The molecule has 1 rings (SSSR count). The van der Waals surface area contributed by atoms with Crippen LogP contribution in [-0.2, 0) is 28.9 Å². The molecule has 1 heterocycles. The van der Waals surface area contributed by atoms with Crippen molar-refractivity contribution >= 4 is 16.3 Å². The fourth-order valence-electron chi connectivity index (χ4n) is 6.74. The topological polar surface area (TPSA) is 212 Å². The standard InChI is InChI=1S/C43H79NO12S/c1-3-5-7-9-11-13-15-17-19-21-23-25-27-29-31-36(46)35(34-54-43-40(49)41(56-57(51,52)53)39(48)38(33-45)55-43)44-42(50)37(47)32-30-28-26-24-22-20-18-16-14-12-10-8-6-4-2/h12,14,16,18,29,31,35-41,43,45-49H,3-11,13,15,17,19-28,30,32-34H2,1-2H3,(H,44,50)(H,51,52,53)/b14-12-,18-16-,31-29+. The molecule has 0 aromatic heterocycles. The third-order valence-corrected chi connectivity index (χ3v) is 10.8.